The van der Waals surface area contributed by atoms with Crippen LogP contribution in [0, 0.1) is 0 Å². The van der Waals surface area contributed by atoms with Gasteiger partial charge in [-0.05, 0) is 22.7 Å². The highest BCUT2D eigenvalue weighted by atomic mass is 28.2. The van der Waals surface area contributed by atoms with Gasteiger partial charge in [-0.2, -0.15) is 4.98 Å². The van der Waals surface area contributed by atoms with E-state index in [1.165, 1.54) is 4.57 Å². The predicted octanol–water partition coefficient (Wildman–Crippen LogP) is 1.25. The van der Waals surface area contributed by atoms with E-state index in [-0.39, 0.29) is 17.9 Å². The lowest BCUT2D eigenvalue weighted by Crippen LogP contribution is -2.32. The Balaban J connectivity index is 2.14. The van der Waals surface area contributed by atoms with Crippen LogP contribution in [0.2, 0.25) is 16.6 Å². The largest absolute Gasteiger partial charge is 0.421 e. The summed E-state index contributed by atoms with van der Waals surface area (Å²) < 4.78 is 19.9. The van der Waals surface area contributed by atoms with Gasteiger partial charge in [-0.25, -0.2) is 4.79 Å². The molecule has 0 amide bonds. The van der Waals surface area contributed by atoms with E-state index in [9.17, 15) is 4.79 Å². The number of aromatic nitrogens is 2. The van der Waals surface area contributed by atoms with Crippen molar-refractivity contribution < 1.29 is 13.6 Å². The molecule has 3 atom stereocenters. The van der Waals surface area contributed by atoms with Gasteiger partial charge in [0.1, 0.15) is 21.6 Å². The molecule has 10 heteroatoms. The number of nitrogens with one attached hydrogen (secondary N) is 1. The third kappa shape index (κ3) is 7.30. The third-order valence-electron chi connectivity index (χ3n) is 4.44. The van der Waals surface area contributed by atoms with E-state index in [0.717, 1.165) is 5.57 Å². The summed E-state index contributed by atoms with van der Waals surface area (Å²) in [6, 6.07) is 1.83. The summed E-state index contributed by atoms with van der Waals surface area (Å²) in [5.41, 5.74) is 2.17. The van der Waals surface area contributed by atoms with E-state index in [4.69, 9.17) is 13.6 Å². The molecule has 0 saturated carbocycles. The van der Waals surface area contributed by atoms with E-state index < -0.39 is 35.4 Å². The molecule has 0 aromatic carbocycles. The Kier molecular flexibility index (Phi) is 9.50. The van der Waals surface area contributed by atoms with E-state index in [1.807, 2.05) is 6.07 Å². The smallest absolute Gasteiger partial charge is 0.351 e. The number of ether oxygens (including phenoxy) is 1. The fourth-order valence-electron chi connectivity index (χ4n) is 3.00. The van der Waals surface area contributed by atoms with Gasteiger partial charge in [-0.3, -0.25) is 4.57 Å². The molecule has 0 bridgehead atoms. The molecule has 1 aromatic heterocycles. The van der Waals surface area contributed by atoms with E-state index >= 15 is 0 Å². The second kappa shape index (κ2) is 11.4. The number of anilines is 1. The van der Waals surface area contributed by atoms with Gasteiger partial charge in [0.15, 0.2) is 25.8 Å². The first-order valence-electron chi connectivity index (χ1n) is 10.6. The number of hydrogen-bond donors (Lipinski definition) is 1. The molecular weight excluding hydrogens is 418 g/mol. The van der Waals surface area contributed by atoms with Crippen molar-refractivity contribution in [3.05, 3.63) is 34.9 Å². The molecule has 1 aromatic rings. The Morgan fingerprint density at radius 1 is 1.21 bits per heavy atom. The van der Waals surface area contributed by atoms with E-state index in [0.29, 0.717) is 29.0 Å². The van der Waals surface area contributed by atoms with Crippen LogP contribution in [-0.2, 0) is 13.6 Å². The van der Waals surface area contributed by atoms with Crippen molar-refractivity contribution in [1.29, 1.82) is 0 Å². The van der Waals surface area contributed by atoms with Crippen molar-refractivity contribution in [2.24, 2.45) is 0 Å². The summed E-state index contributed by atoms with van der Waals surface area (Å²) in [7, 11) is -1.81. The van der Waals surface area contributed by atoms with Crippen molar-refractivity contribution in [3.8, 4) is 0 Å². The van der Waals surface area contributed by atoms with Crippen LogP contribution in [0.1, 0.15) is 47.8 Å². The Morgan fingerprint density at radius 3 is 2.48 bits per heavy atom. The molecule has 0 radical (unpaired) electrons. The fraction of sp³-hybridized carbons (Fsp3) is 0.684. The summed E-state index contributed by atoms with van der Waals surface area (Å²) in [5, 5.41) is 0. The van der Waals surface area contributed by atoms with Gasteiger partial charge < -0.3 is 18.6 Å². The quantitative estimate of drug-likeness (QED) is 0.400. The lowest BCUT2D eigenvalue weighted by molar-refractivity contribution is -0.0349. The van der Waals surface area contributed by atoms with E-state index in [2.05, 4.69) is 58.1 Å². The topological polar surface area (TPSA) is 74.6 Å². The Hall–Kier alpha value is -1.05. The van der Waals surface area contributed by atoms with E-state index in [1.54, 1.807) is 6.20 Å². The average Bonchev–Trinajstić information content (AvgIpc) is 2.93. The second-order valence-electron chi connectivity index (χ2n) is 8.96. The number of rotatable bonds is 11. The second-order valence-corrected chi connectivity index (χ2v) is 16.0. The lowest BCUT2D eigenvalue weighted by Gasteiger charge is -2.21. The maximum atomic E-state index is 12.6. The van der Waals surface area contributed by atoms with Crippen LogP contribution in [0.25, 0.3) is 0 Å². The molecule has 1 fully saturated rings. The summed E-state index contributed by atoms with van der Waals surface area (Å²) >= 11 is 0. The number of hydrogen-bond acceptors (Lipinski definition) is 6. The van der Waals surface area contributed by atoms with Gasteiger partial charge in [0.25, 0.3) is 0 Å². The van der Waals surface area contributed by atoms with Crippen molar-refractivity contribution >= 4 is 35.0 Å². The molecule has 1 N–H and O–H groups in total. The Morgan fingerprint density at radius 2 is 1.90 bits per heavy atom. The highest BCUT2D eigenvalue weighted by molar-refractivity contribution is 6.41. The van der Waals surface area contributed by atoms with Crippen molar-refractivity contribution in [2.45, 2.75) is 76.6 Å². The van der Waals surface area contributed by atoms with Crippen LogP contribution in [0.3, 0.4) is 0 Å². The fourth-order valence-corrected chi connectivity index (χ4v) is 5.68. The molecule has 164 valence electrons. The zero-order chi connectivity index (χ0) is 21.6. The molecule has 1 saturated heterocycles. The molecule has 29 heavy (non-hydrogen) atoms. The predicted molar refractivity (Wildman–Crippen MR) is 127 cm³/mol. The normalized spacial score (nSPS) is 23.5. The zero-order valence-electron chi connectivity index (χ0n) is 18.7. The van der Waals surface area contributed by atoms with Gasteiger partial charge in [-0.15, -0.1) is 0 Å². The minimum Gasteiger partial charge on any atom is -0.421 e. The average molecular weight is 456 g/mol. The first-order chi connectivity index (χ1) is 13.7. The molecule has 2 rings (SSSR count). The summed E-state index contributed by atoms with van der Waals surface area (Å²) in [5.74, 6) is 0.637. The van der Waals surface area contributed by atoms with Gasteiger partial charge >= 0.3 is 5.69 Å². The molecular formula is C19H37N3O4Si3. The molecule has 0 spiro atoms. The summed E-state index contributed by atoms with van der Waals surface area (Å²) in [6.07, 6.45) is 0.717. The van der Waals surface area contributed by atoms with Crippen LogP contribution < -0.4 is 10.7 Å². The minimum absolute atomic E-state index is 0.228. The maximum absolute atomic E-state index is 12.6. The van der Waals surface area contributed by atoms with Crippen LogP contribution in [0.4, 0.5) is 5.82 Å². The molecule has 2 heterocycles. The lowest BCUT2D eigenvalue weighted by atomic mass is 10.1. The third-order valence-corrected chi connectivity index (χ3v) is 8.18. The van der Waals surface area contributed by atoms with Crippen molar-refractivity contribution in [1.82, 2.24) is 9.55 Å². The van der Waals surface area contributed by atoms with Crippen molar-refractivity contribution in [3.63, 3.8) is 0 Å². The van der Waals surface area contributed by atoms with Crippen LogP contribution >= 0.6 is 0 Å². The standard InChI is InChI=1S/C19H37N3O4Si3/c1-11(2)27-21-16-8-9-22(19(23)20-16)18-14(7)17(26-29-13(5)6)15(25-18)10-24-28-12(3)4/h8-9,11-13,15,17-18H,7,10,27-29H2,1-6H3,(H,20,21,23)/t15-,17?,18-/m1/s1. The van der Waals surface area contributed by atoms with Gasteiger partial charge in [0, 0.05) is 11.8 Å². The number of nitrogens with zero attached hydrogens (tertiary/aromatic N) is 2. The van der Waals surface area contributed by atoms with Gasteiger partial charge in [-0.1, -0.05) is 48.1 Å². The Labute approximate surface area is 181 Å². The van der Waals surface area contributed by atoms with Crippen LogP contribution in [0.15, 0.2) is 29.2 Å². The van der Waals surface area contributed by atoms with Crippen molar-refractivity contribution in [2.75, 3.05) is 11.6 Å². The SMILES string of the molecule is C=C1C(O[SiH2]C(C)C)[C@@H](CO[SiH2]C(C)C)O[C@H]1n1ccc(N[SiH2]C(C)C)nc1=O. The zero-order valence-corrected chi connectivity index (χ0v) is 22.9. The maximum Gasteiger partial charge on any atom is 0.351 e. The van der Waals surface area contributed by atoms with Crippen LogP contribution in [-0.4, -0.2) is 57.6 Å². The molecule has 1 unspecified atom stereocenters. The summed E-state index contributed by atoms with van der Waals surface area (Å²) in [4.78, 5) is 20.2. The minimum atomic E-state index is -0.713. The monoisotopic (exact) mass is 455 g/mol. The first-order valence-corrected chi connectivity index (χ1v) is 14.9. The highest BCUT2D eigenvalue weighted by Gasteiger charge is 2.40. The molecule has 0 aliphatic carbocycles. The van der Waals surface area contributed by atoms with Crippen LogP contribution in [0.5, 0.6) is 0 Å². The highest BCUT2D eigenvalue weighted by Crippen LogP contribution is 2.34. The van der Waals surface area contributed by atoms with Gasteiger partial charge in [0.05, 0.1) is 12.7 Å². The Bertz CT molecular complexity index is 727. The van der Waals surface area contributed by atoms with Gasteiger partial charge in [0.2, 0.25) is 0 Å². The molecule has 7 nitrogen and oxygen atoms in total. The molecule has 1 aliphatic rings. The molecule has 1 aliphatic heterocycles. The summed E-state index contributed by atoms with van der Waals surface area (Å²) in [6.45, 7) is 17.7. The first kappa shape index (κ1) is 24.2.